The van der Waals surface area contributed by atoms with Crippen molar-refractivity contribution >= 4 is 52.7 Å². The molecule has 2 aliphatic heterocycles. The predicted octanol–water partition coefficient (Wildman–Crippen LogP) is -0.876. The third kappa shape index (κ3) is 7.99. The summed E-state index contributed by atoms with van der Waals surface area (Å²) in [4.78, 5) is 63.6. The molecule has 0 bridgehead atoms. The summed E-state index contributed by atoms with van der Waals surface area (Å²) >= 11 is 0. The van der Waals surface area contributed by atoms with Crippen LogP contribution < -0.4 is 25.1 Å². The average Bonchev–Trinajstić information content (AvgIpc) is 2.92. The number of halogens is 3. The number of carboxylic acids is 1. The molecule has 2 aromatic carbocycles. The zero-order valence-electron chi connectivity index (χ0n) is 22.8. The molecule has 2 aromatic rings. The highest BCUT2D eigenvalue weighted by Gasteiger charge is 2.43. The minimum absolute atomic E-state index is 0.0937. The van der Waals surface area contributed by atoms with E-state index in [1.54, 1.807) is 0 Å². The molecule has 1 saturated heterocycles. The first-order valence-corrected chi connectivity index (χ1v) is 14.4. The van der Waals surface area contributed by atoms with E-state index in [9.17, 15) is 55.7 Å². The van der Waals surface area contributed by atoms with Crippen molar-refractivity contribution in [3.63, 3.8) is 0 Å². The number of para-hydroxylation sites is 1. The molecule has 240 valence electrons. The van der Waals surface area contributed by atoms with E-state index in [0.717, 1.165) is 6.07 Å². The summed E-state index contributed by atoms with van der Waals surface area (Å²) in [5, 5.41) is 29.6. The fraction of sp³-hybridized carbons (Fsp3) is 0.292. The molecule has 0 spiro atoms. The van der Waals surface area contributed by atoms with Crippen molar-refractivity contribution in [1.82, 2.24) is 20.4 Å². The number of urea groups is 1. The molecule has 45 heavy (non-hydrogen) atoms. The molecule has 2 heterocycles. The van der Waals surface area contributed by atoms with E-state index < -0.39 is 84.8 Å². The van der Waals surface area contributed by atoms with Crippen LogP contribution in [-0.4, -0.2) is 96.9 Å². The third-order valence-electron chi connectivity index (χ3n) is 6.61. The van der Waals surface area contributed by atoms with E-state index in [-0.39, 0.29) is 33.9 Å². The van der Waals surface area contributed by atoms with E-state index in [0.29, 0.717) is 10.5 Å². The second kappa shape index (κ2) is 12.6. The number of aromatic carboxylic acids is 1. The Labute approximate surface area is 252 Å². The van der Waals surface area contributed by atoms with Crippen LogP contribution in [0.3, 0.4) is 0 Å². The Balaban J connectivity index is 1.59. The number of hydrogen-bond acceptors (Lipinski definition) is 9. The maximum absolute atomic E-state index is 13.6. The second-order valence-corrected chi connectivity index (χ2v) is 11.2. The number of amides is 5. The van der Waals surface area contributed by atoms with Crippen LogP contribution in [0.5, 0.6) is 5.75 Å². The molecule has 7 N–H and O–H groups in total. The molecule has 0 aromatic heterocycles. The SMILES string of the molecule is NS(=O)(=O)Nc1cccc([C@H](NC(=O)N2CCN(CC(F)(F)F)C(=O)C2=O)C(=O)N[C@H]2Cc3cccc(C(=O)O)c3OB2O)c1. The average molecular weight is 656 g/mol. The molecule has 0 aliphatic carbocycles. The highest BCUT2D eigenvalue weighted by Crippen LogP contribution is 2.30. The summed E-state index contributed by atoms with van der Waals surface area (Å²) in [6, 6.07) is 5.97. The Hall–Kier alpha value is -4.89. The molecule has 0 saturated carbocycles. The molecule has 1 fully saturated rings. The number of imide groups is 1. The lowest BCUT2D eigenvalue weighted by Crippen LogP contribution is -2.61. The largest absolute Gasteiger partial charge is 0.547 e. The van der Waals surface area contributed by atoms with E-state index >= 15 is 0 Å². The van der Waals surface area contributed by atoms with E-state index in [2.05, 4.69) is 10.6 Å². The predicted molar refractivity (Wildman–Crippen MR) is 146 cm³/mol. The quantitative estimate of drug-likeness (QED) is 0.152. The van der Waals surface area contributed by atoms with Gasteiger partial charge in [-0.15, -0.1) is 0 Å². The number of alkyl halides is 3. The van der Waals surface area contributed by atoms with Gasteiger partial charge in [-0.25, -0.2) is 14.7 Å². The summed E-state index contributed by atoms with van der Waals surface area (Å²) in [5.74, 6) is -6.90. The molecular formula is C24H24BF3N6O10S. The number of carbonyl (C=O) groups is 5. The molecular weight excluding hydrogens is 632 g/mol. The maximum atomic E-state index is 13.6. The van der Waals surface area contributed by atoms with Crippen molar-refractivity contribution in [3.8, 4) is 5.75 Å². The van der Waals surface area contributed by atoms with Gasteiger partial charge in [-0.3, -0.25) is 24.0 Å². The van der Waals surface area contributed by atoms with Gasteiger partial charge >= 0.3 is 37.1 Å². The normalized spacial score (nSPS) is 17.6. The zero-order valence-corrected chi connectivity index (χ0v) is 23.6. The topological polar surface area (TPSA) is 238 Å². The number of rotatable bonds is 8. The smallest absolute Gasteiger partial charge is 0.534 e. The van der Waals surface area contributed by atoms with E-state index in [4.69, 9.17) is 9.79 Å². The van der Waals surface area contributed by atoms with Gasteiger partial charge in [0, 0.05) is 13.1 Å². The molecule has 0 unspecified atom stereocenters. The lowest BCUT2D eigenvalue weighted by Gasteiger charge is -2.34. The van der Waals surface area contributed by atoms with Crippen LogP contribution in [0.2, 0.25) is 0 Å². The third-order valence-corrected chi connectivity index (χ3v) is 7.13. The summed E-state index contributed by atoms with van der Waals surface area (Å²) in [6.07, 6.45) is -4.94. The van der Waals surface area contributed by atoms with Gasteiger partial charge in [0.1, 0.15) is 18.3 Å². The number of nitrogens with zero attached hydrogens (tertiary/aromatic N) is 2. The Morgan fingerprint density at radius 1 is 1.11 bits per heavy atom. The van der Waals surface area contributed by atoms with Crippen molar-refractivity contribution in [2.24, 2.45) is 5.14 Å². The number of nitrogens with two attached hydrogens (primary N) is 1. The number of hydrogen-bond donors (Lipinski definition) is 6. The lowest BCUT2D eigenvalue weighted by molar-refractivity contribution is -0.170. The summed E-state index contributed by atoms with van der Waals surface area (Å²) in [6.45, 7) is -3.01. The van der Waals surface area contributed by atoms with Gasteiger partial charge in [-0.05, 0) is 35.7 Å². The first-order valence-electron chi connectivity index (χ1n) is 12.8. The van der Waals surface area contributed by atoms with Crippen LogP contribution >= 0.6 is 0 Å². The number of fused-ring (bicyclic) bond motifs is 1. The van der Waals surface area contributed by atoms with Crippen LogP contribution in [0.25, 0.3) is 0 Å². The van der Waals surface area contributed by atoms with Gasteiger partial charge in [-0.1, -0.05) is 24.3 Å². The van der Waals surface area contributed by atoms with E-state index in [1.807, 2.05) is 4.72 Å². The van der Waals surface area contributed by atoms with Crippen LogP contribution in [0.4, 0.5) is 23.7 Å². The van der Waals surface area contributed by atoms with Crippen LogP contribution in [-0.2, 0) is 31.0 Å². The standard InChI is InChI=1S/C24H24BF3N6O10S/c26-24(27,28)11-33-7-8-34(21(37)20(33)36)23(40)31-17(12-3-1-5-14(9-12)32-45(29,42)43)19(35)30-16-10-13-4-2-6-15(22(38)39)18(13)44-25(16)41/h1-6,9,16-17,32,41H,7-8,10-11H2,(H,30,35)(H,31,40)(H,38,39)(H2,29,42,43)/t16-,17-/m0/s1. The minimum atomic E-state index is -4.80. The van der Waals surface area contributed by atoms with Crippen LogP contribution in [0, 0.1) is 0 Å². The molecule has 21 heteroatoms. The molecule has 2 aliphatic rings. The Morgan fingerprint density at radius 3 is 2.44 bits per heavy atom. The fourth-order valence-corrected chi connectivity index (χ4v) is 5.12. The molecule has 4 rings (SSSR count). The van der Waals surface area contributed by atoms with Crippen LogP contribution in [0.1, 0.15) is 27.5 Å². The monoisotopic (exact) mass is 656 g/mol. The van der Waals surface area contributed by atoms with Crippen LogP contribution in [0.15, 0.2) is 42.5 Å². The van der Waals surface area contributed by atoms with Gasteiger partial charge in [0.2, 0.25) is 5.91 Å². The van der Waals surface area contributed by atoms with Crippen molar-refractivity contribution in [1.29, 1.82) is 0 Å². The number of benzene rings is 2. The number of piperazine rings is 1. The Morgan fingerprint density at radius 2 is 1.80 bits per heavy atom. The molecule has 0 radical (unpaired) electrons. The summed E-state index contributed by atoms with van der Waals surface area (Å²) in [7, 11) is -6.05. The van der Waals surface area contributed by atoms with Gasteiger partial charge in [0.25, 0.3) is 10.2 Å². The summed E-state index contributed by atoms with van der Waals surface area (Å²) < 4.78 is 68.8. The second-order valence-electron chi connectivity index (χ2n) is 9.88. The highest BCUT2D eigenvalue weighted by molar-refractivity contribution is 7.90. The first kappa shape index (κ1) is 33.0. The Bertz CT molecular complexity index is 1660. The summed E-state index contributed by atoms with van der Waals surface area (Å²) in [5.41, 5.74) is -0.171. The van der Waals surface area contributed by atoms with Crippen molar-refractivity contribution in [2.45, 2.75) is 24.6 Å². The van der Waals surface area contributed by atoms with Crippen molar-refractivity contribution in [3.05, 3.63) is 59.2 Å². The van der Waals surface area contributed by atoms with E-state index in [1.165, 1.54) is 36.4 Å². The van der Waals surface area contributed by atoms with Crippen molar-refractivity contribution < 1.29 is 60.3 Å². The van der Waals surface area contributed by atoms with Gasteiger partial charge in [0.05, 0.1) is 17.2 Å². The molecule has 2 atom stereocenters. The Kier molecular flexibility index (Phi) is 9.26. The van der Waals surface area contributed by atoms with Gasteiger partial charge in [-0.2, -0.15) is 21.6 Å². The number of carboxylic acid groups (broad SMARTS) is 1. The molecule has 5 amide bonds. The van der Waals surface area contributed by atoms with Gasteiger partial charge < -0.3 is 30.3 Å². The first-order chi connectivity index (χ1) is 20.9. The minimum Gasteiger partial charge on any atom is -0.534 e. The number of nitrogens with one attached hydrogen (secondary N) is 3. The maximum Gasteiger partial charge on any atom is 0.547 e. The van der Waals surface area contributed by atoms with Crippen molar-refractivity contribution in [2.75, 3.05) is 24.4 Å². The highest BCUT2D eigenvalue weighted by atomic mass is 32.2. The van der Waals surface area contributed by atoms with Gasteiger partial charge in [0.15, 0.2) is 0 Å². The fourth-order valence-electron chi connectivity index (χ4n) is 4.67. The zero-order chi connectivity index (χ0) is 33.3. The molecule has 16 nitrogen and oxygen atoms in total. The lowest BCUT2D eigenvalue weighted by atomic mass is 9.72. The number of carbonyl (C=O) groups excluding carboxylic acids is 4. The number of anilines is 1.